The summed E-state index contributed by atoms with van der Waals surface area (Å²) in [6.45, 7) is 3.72. The molecule has 0 N–H and O–H groups in total. The van der Waals surface area contributed by atoms with Crippen LogP contribution in [0.15, 0.2) is 40.9 Å². The molecule has 16 heavy (non-hydrogen) atoms. The molecule has 0 saturated heterocycles. The number of hydrogen-bond donors (Lipinski definition) is 0. The zero-order valence-corrected chi connectivity index (χ0v) is 11.0. The molecule has 0 aliphatic heterocycles. The molecule has 1 unspecified atom stereocenters. The van der Waals surface area contributed by atoms with Gasteiger partial charge in [-0.05, 0) is 0 Å². The monoisotopic (exact) mass is 286 g/mol. The van der Waals surface area contributed by atoms with Gasteiger partial charge in [0.05, 0.1) is 0 Å². The Kier molecular flexibility index (Phi) is 5.09. The quantitative estimate of drug-likeness (QED) is 0.476. The van der Waals surface area contributed by atoms with Crippen LogP contribution in [0.1, 0.15) is 13.8 Å². The van der Waals surface area contributed by atoms with Crippen molar-refractivity contribution < 1.29 is 13.4 Å². The van der Waals surface area contributed by atoms with Crippen LogP contribution in [0, 0.1) is 0 Å². The summed E-state index contributed by atoms with van der Waals surface area (Å²) in [7, 11) is 0. The van der Waals surface area contributed by atoms with E-state index in [1.807, 2.05) is 18.2 Å². The molecule has 0 fully saturated rings. The topological polar surface area (TPSA) is 43.4 Å². The standard InChI is InChI=1S/C12H14O3Se/c1-3-11(12(13)15-4-2)16(14)10-8-6-5-7-9-10/h3,5-9H,4H2,1-2H3/b11-3-. The van der Waals surface area contributed by atoms with Crippen LogP contribution in [0.4, 0.5) is 0 Å². The van der Waals surface area contributed by atoms with Crippen molar-refractivity contribution in [2.75, 3.05) is 6.61 Å². The Morgan fingerprint density at radius 3 is 2.50 bits per heavy atom. The summed E-state index contributed by atoms with van der Waals surface area (Å²) in [5, 5.41) is 0. The maximum atomic E-state index is 12.1. The van der Waals surface area contributed by atoms with Gasteiger partial charge in [-0.15, -0.1) is 0 Å². The first-order valence-corrected chi connectivity index (χ1v) is 7.42. The minimum atomic E-state index is -2.48. The molecule has 86 valence electrons. The van der Waals surface area contributed by atoms with E-state index >= 15 is 0 Å². The first kappa shape index (κ1) is 12.8. The fourth-order valence-corrected chi connectivity index (χ4v) is 3.45. The molecule has 0 radical (unpaired) electrons. The van der Waals surface area contributed by atoms with Crippen molar-refractivity contribution in [3.05, 3.63) is 40.9 Å². The van der Waals surface area contributed by atoms with Crippen LogP contribution >= 0.6 is 0 Å². The van der Waals surface area contributed by atoms with Crippen molar-refractivity contribution in [1.29, 1.82) is 0 Å². The molecular formula is C12H14O3Se. The van der Waals surface area contributed by atoms with Gasteiger partial charge in [0.25, 0.3) is 0 Å². The first-order chi connectivity index (χ1) is 7.70. The molecule has 3 nitrogen and oxygen atoms in total. The molecular weight excluding hydrogens is 271 g/mol. The maximum absolute atomic E-state index is 12.1. The summed E-state index contributed by atoms with van der Waals surface area (Å²) in [6, 6.07) is 8.99. The molecule has 1 rings (SSSR count). The Bertz CT molecular complexity index is 410. The normalized spacial score (nSPS) is 13.2. The van der Waals surface area contributed by atoms with E-state index in [9.17, 15) is 8.63 Å². The zero-order valence-electron chi connectivity index (χ0n) is 9.30. The number of ether oxygens (including phenoxy) is 1. The molecule has 1 atom stereocenters. The summed E-state index contributed by atoms with van der Waals surface area (Å²) < 4.78 is 18.0. The second kappa shape index (κ2) is 6.36. The van der Waals surface area contributed by atoms with Crippen LogP contribution in [0.5, 0.6) is 0 Å². The van der Waals surface area contributed by atoms with E-state index < -0.39 is 19.8 Å². The van der Waals surface area contributed by atoms with Crippen molar-refractivity contribution in [2.24, 2.45) is 0 Å². The van der Waals surface area contributed by atoms with Gasteiger partial charge in [0.2, 0.25) is 0 Å². The van der Waals surface area contributed by atoms with Crippen LogP contribution in [0.3, 0.4) is 0 Å². The second-order valence-corrected chi connectivity index (χ2v) is 5.99. The summed E-state index contributed by atoms with van der Waals surface area (Å²) in [6.07, 6.45) is 1.57. The van der Waals surface area contributed by atoms with Gasteiger partial charge < -0.3 is 0 Å². The number of rotatable bonds is 4. The Hall–Kier alpha value is -1.25. The van der Waals surface area contributed by atoms with Gasteiger partial charge in [-0.2, -0.15) is 0 Å². The van der Waals surface area contributed by atoms with Gasteiger partial charge in [0, 0.05) is 0 Å². The molecule has 0 amide bonds. The van der Waals surface area contributed by atoms with Gasteiger partial charge in [-0.3, -0.25) is 0 Å². The molecule has 0 saturated carbocycles. The molecule has 0 spiro atoms. The molecule has 0 aromatic heterocycles. The number of allylic oxidation sites excluding steroid dienone is 1. The predicted octanol–water partition coefficient (Wildman–Crippen LogP) is 1.36. The van der Waals surface area contributed by atoms with Gasteiger partial charge in [-0.25, -0.2) is 0 Å². The van der Waals surface area contributed by atoms with Crippen LogP contribution in [0.25, 0.3) is 0 Å². The Balaban J connectivity index is 2.92. The number of esters is 1. The molecule has 0 heterocycles. The molecule has 1 aromatic rings. The van der Waals surface area contributed by atoms with E-state index in [0.29, 0.717) is 11.1 Å². The summed E-state index contributed by atoms with van der Waals surface area (Å²) in [4.78, 5) is 11.5. The molecule has 4 heteroatoms. The van der Waals surface area contributed by atoms with Crippen LogP contribution in [-0.4, -0.2) is 26.4 Å². The van der Waals surface area contributed by atoms with E-state index in [0.717, 1.165) is 0 Å². The SMILES string of the molecule is C/C=C(/C(=O)OCC)[Se](=O)c1ccccc1. The van der Waals surface area contributed by atoms with Crippen molar-refractivity contribution in [1.82, 2.24) is 0 Å². The second-order valence-electron chi connectivity index (χ2n) is 2.96. The fourth-order valence-electron chi connectivity index (χ4n) is 1.17. The number of hydrogen-bond acceptors (Lipinski definition) is 3. The molecule has 1 aromatic carbocycles. The minimum absolute atomic E-state index is 0.285. The van der Waals surface area contributed by atoms with Crippen molar-refractivity contribution in [2.45, 2.75) is 13.8 Å². The van der Waals surface area contributed by atoms with E-state index in [2.05, 4.69) is 0 Å². The number of benzene rings is 1. The van der Waals surface area contributed by atoms with Crippen LogP contribution in [0.2, 0.25) is 0 Å². The van der Waals surface area contributed by atoms with E-state index in [-0.39, 0.29) is 4.47 Å². The van der Waals surface area contributed by atoms with Crippen molar-refractivity contribution in [3.63, 3.8) is 0 Å². The van der Waals surface area contributed by atoms with Crippen molar-refractivity contribution in [3.8, 4) is 0 Å². The van der Waals surface area contributed by atoms with Crippen LogP contribution < -0.4 is 4.46 Å². The molecule has 0 aliphatic rings. The summed E-state index contributed by atoms with van der Waals surface area (Å²) >= 11 is -2.48. The third kappa shape index (κ3) is 3.12. The third-order valence-electron chi connectivity index (χ3n) is 1.90. The van der Waals surface area contributed by atoms with Gasteiger partial charge in [0.15, 0.2) is 0 Å². The Morgan fingerprint density at radius 1 is 1.38 bits per heavy atom. The first-order valence-electron chi connectivity index (χ1n) is 5.01. The molecule has 0 bridgehead atoms. The van der Waals surface area contributed by atoms with Gasteiger partial charge in [0.1, 0.15) is 0 Å². The number of carbonyl (C=O) groups excluding carboxylic acids is 1. The van der Waals surface area contributed by atoms with Gasteiger partial charge in [-0.1, -0.05) is 0 Å². The zero-order chi connectivity index (χ0) is 12.0. The van der Waals surface area contributed by atoms with Crippen molar-refractivity contribution >= 4 is 24.3 Å². The summed E-state index contributed by atoms with van der Waals surface area (Å²) in [5.41, 5.74) is 0. The fraction of sp³-hybridized carbons (Fsp3) is 0.250. The average Bonchev–Trinajstić information content (AvgIpc) is 2.31. The third-order valence-corrected chi connectivity index (χ3v) is 5.05. The van der Waals surface area contributed by atoms with Gasteiger partial charge >= 0.3 is 99.0 Å². The Morgan fingerprint density at radius 2 is 2.00 bits per heavy atom. The van der Waals surface area contributed by atoms with E-state index in [4.69, 9.17) is 4.74 Å². The molecule has 0 aliphatic carbocycles. The number of carbonyl (C=O) groups is 1. The average molecular weight is 285 g/mol. The van der Waals surface area contributed by atoms with Crippen LogP contribution in [-0.2, 0) is 13.4 Å². The Labute approximate surface area is 99.2 Å². The summed E-state index contributed by atoms with van der Waals surface area (Å²) in [5.74, 6) is -0.478. The predicted molar refractivity (Wildman–Crippen MR) is 62.9 cm³/mol. The van der Waals surface area contributed by atoms with E-state index in [1.165, 1.54) is 0 Å². The van der Waals surface area contributed by atoms with E-state index in [1.54, 1.807) is 32.1 Å².